The molecule has 5 heteroatoms. The number of rotatable bonds is 2. The maximum atomic E-state index is 13.0. The summed E-state index contributed by atoms with van der Waals surface area (Å²) in [6.45, 7) is 4.19. The molecule has 2 aliphatic heterocycles. The van der Waals surface area contributed by atoms with Crippen molar-refractivity contribution in [3.63, 3.8) is 0 Å². The molecule has 2 atom stereocenters. The number of halogens is 1. The highest BCUT2D eigenvalue weighted by atomic mass is 19.1. The molecule has 2 rings (SSSR count). The second-order valence-electron chi connectivity index (χ2n) is 5.33. The van der Waals surface area contributed by atoms with Gasteiger partial charge in [0.15, 0.2) is 0 Å². The monoisotopic (exact) mass is 243 g/mol. The third-order valence-corrected chi connectivity index (χ3v) is 3.84. The summed E-state index contributed by atoms with van der Waals surface area (Å²) >= 11 is 0. The van der Waals surface area contributed by atoms with Crippen molar-refractivity contribution in [3.05, 3.63) is 0 Å². The predicted octanol–water partition coefficient (Wildman–Crippen LogP) is 0.718. The van der Waals surface area contributed by atoms with Crippen molar-refractivity contribution in [3.8, 4) is 0 Å². The van der Waals surface area contributed by atoms with Crippen molar-refractivity contribution in [1.29, 1.82) is 0 Å². The van der Waals surface area contributed by atoms with E-state index in [0.717, 1.165) is 32.4 Å². The summed E-state index contributed by atoms with van der Waals surface area (Å²) in [6.07, 6.45) is 2.23. The third-order valence-electron chi connectivity index (χ3n) is 3.84. The van der Waals surface area contributed by atoms with Gasteiger partial charge in [-0.3, -0.25) is 9.69 Å². The Morgan fingerprint density at radius 1 is 1.41 bits per heavy atom. The summed E-state index contributed by atoms with van der Waals surface area (Å²) in [5.41, 5.74) is 5.83. The first-order chi connectivity index (χ1) is 8.01. The summed E-state index contributed by atoms with van der Waals surface area (Å²) in [4.78, 5) is 15.9. The smallest absolute Gasteiger partial charge is 0.225 e. The van der Waals surface area contributed by atoms with Crippen LogP contribution in [0.3, 0.4) is 0 Å². The lowest BCUT2D eigenvalue weighted by Gasteiger charge is -2.39. The van der Waals surface area contributed by atoms with Crippen LogP contribution in [0.2, 0.25) is 0 Å². The molecule has 2 N–H and O–H groups in total. The molecule has 2 saturated heterocycles. The fourth-order valence-electron chi connectivity index (χ4n) is 2.92. The molecule has 0 radical (unpaired) electrons. The van der Waals surface area contributed by atoms with Crippen LogP contribution in [0, 0.1) is 0 Å². The van der Waals surface area contributed by atoms with E-state index >= 15 is 0 Å². The van der Waals surface area contributed by atoms with E-state index in [0.29, 0.717) is 19.5 Å². The quantitative estimate of drug-likeness (QED) is 0.777. The average Bonchev–Trinajstić information content (AvgIpc) is 2.62. The maximum Gasteiger partial charge on any atom is 0.225 e. The normalized spacial score (nSPS) is 33.1. The fraction of sp³-hybridized carbons (Fsp3) is 0.917. The van der Waals surface area contributed by atoms with Crippen molar-refractivity contribution >= 4 is 5.91 Å². The Hall–Kier alpha value is -0.680. The van der Waals surface area contributed by atoms with Crippen molar-refractivity contribution in [2.45, 2.75) is 44.4 Å². The molecule has 98 valence electrons. The van der Waals surface area contributed by atoms with Gasteiger partial charge in [0.05, 0.1) is 5.66 Å². The van der Waals surface area contributed by atoms with Gasteiger partial charge in [-0.05, 0) is 26.2 Å². The standard InChI is InChI=1S/C12H22FN3O/c1-10(13)9-15-7-3-11(17)16-6-2-4-12(16,14)5-8-15/h10H,2-9,14H2,1H3. The van der Waals surface area contributed by atoms with E-state index in [-0.39, 0.29) is 5.91 Å². The van der Waals surface area contributed by atoms with Crippen LogP contribution in [-0.2, 0) is 4.79 Å². The first-order valence-electron chi connectivity index (χ1n) is 6.47. The molecule has 0 aromatic heterocycles. The van der Waals surface area contributed by atoms with Gasteiger partial charge in [0.2, 0.25) is 5.91 Å². The van der Waals surface area contributed by atoms with Gasteiger partial charge in [0, 0.05) is 32.6 Å². The highest BCUT2D eigenvalue weighted by Gasteiger charge is 2.41. The Bertz CT molecular complexity index is 297. The van der Waals surface area contributed by atoms with Crippen LogP contribution in [-0.4, -0.2) is 53.7 Å². The van der Waals surface area contributed by atoms with Gasteiger partial charge < -0.3 is 10.6 Å². The first kappa shape index (κ1) is 12.8. The van der Waals surface area contributed by atoms with Gasteiger partial charge in [-0.2, -0.15) is 0 Å². The Kier molecular flexibility index (Phi) is 3.68. The largest absolute Gasteiger partial charge is 0.325 e. The number of amides is 1. The molecule has 1 amide bonds. The Morgan fingerprint density at radius 2 is 2.18 bits per heavy atom. The lowest BCUT2D eigenvalue weighted by molar-refractivity contribution is -0.137. The summed E-state index contributed by atoms with van der Waals surface area (Å²) in [7, 11) is 0. The molecule has 2 aliphatic rings. The number of alkyl halides is 1. The van der Waals surface area contributed by atoms with Crippen molar-refractivity contribution in [2.24, 2.45) is 5.73 Å². The van der Waals surface area contributed by atoms with Gasteiger partial charge in [-0.1, -0.05) is 0 Å². The number of carbonyl (C=O) groups excluding carboxylic acids is 1. The van der Waals surface area contributed by atoms with Crippen LogP contribution < -0.4 is 5.73 Å². The van der Waals surface area contributed by atoms with Crippen molar-refractivity contribution < 1.29 is 9.18 Å². The van der Waals surface area contributed by atoms with Crippen LogP contribution in [0.1, 0.15) is 32.6 Å². The van der Waals surface area contributed by atoms with Crippen molar-refractivity contribution in [2.75, 3.05) is 26.2 Å². The molecule has 4 nitrogen and oxygen atoms in total. The number of nitrogens with two attached hydrogens (primary N) is 1. The summed E-state index contributed by atoms with van der Waals surface area (Å²) in [5, 5.41) is 0. The second-order valence-corrected chi connectivity index (χ2v) is 5.33. The first-order valence-corrected chi connectivity index (χ1v) is 6.47. The number of carbonyl (C=O) groups is 1. The van der Waals surface area contributed by atoms with E-state index in [1.54, 1.807) is 6.92 Å². The number of hydrogen-bond acceptors (Lipinski definition) is 3. The van der Waals surface area contributed by atoms with Crippen molar-refractivity contribution in [1.82, 2.24) is 9.80 Å². The molecule has 0 aromatic rings. The molecular weight excluding hydrogens is 221 g/mol. The summed E-state index contributed by atoms with van der Waals surface area (Å²) in [6, 6.07) is 0. The van der Waals surface area contributed by atoms with Crippen LogP contribution in [0.5, 0.6) is 0 Å². The van der Waals surface area contributed by atoms with E-state index < -0.39 is 11.8 Å². The molecule has 0 spiro atoms. The highest BCUT2D eigenvalue weighted by molar-refractivity contribution is 5.77. The Morgan fingerprint density at radius 3 is 2.88 bits per heavy atom. The molecule has 2 unspecified atom stereocenters. The van der Waals surface area contributed by atoms with E-state index in [1.165, 1.54) is 0 Å². The molecule has 0 saturated carbocycles. The molecule has 0 aromatic carbocycles. The lowest BCUT2D eigenvalue weighted by Crippen LogP contribution is -2.57. The highest BCUT2D eigenvalue weighted by Crippen LogP contribution is 2.29. The van der Waals surface area contributed by atoms with Gasteiger partial charge >= 0.3 is 0 Å². The average molecular weight is 243 g/mol. The van der Waals surface area contributed by atoms with E-state index in [1.807, 2.05) is 9.80 Å². The molecule has 2 fully saturated rings. The molecular formula is C12H22FN3O. The van der Waals surface area contributed by atoms with Crippen LogP contribution in [0.15, 0.2) is 0 Å². The van der Waals surface area contributed by atoms with Gasteiger partial charge in [-0.25, -0.2) is 4.39 Å². The van der Waals surface area contributed by atoms with E-state index in [9.17, 15) is 9.18 Å². The number of fused-ring (bicyclic) bond motifs is 1. The minimum Gasteiger partial charge on any atom is -0.325 e. The van der Waals surface area contributed by atoms with Crippen LogP contribution in [0.25, 0.3) is 0 Å². The topological polar surface area (TPSA) is 49.6 Å². The van der Waals surface area contributed by atoms with Gasteiger partial charge in [0.25, 0.3) is 0 Å². The molecule has 0 aliphatic carbocycles. The lowest BCUT2D eigenvalue weighted by atomic mass is 10.0. The fourth-order valence-corrected chi connectivity index (χ4v) is 2.92. The Balaban J connectivity index is 2.03. The predicted molar refractivity (Wildman–Crippen MR) is 64.1 cm³/mol. The third kappa shape index (κ3) is 2.77. The van der Waals surface area contributed by atoms with Crippen LogP contribution >= 0.6 is 0 Å². The molecule has 17 heavy (non-hydrogen) atoms. The summed E-state index contributed by atoms with van der Waals surface area (Å²) in [5.74, 6) is 0.126. The summed E-state index contributed by atoms with van der Waals surface area (Å²) < 4.78 is 13.0. The SMILES string of the molecule is CC(F)CN1CCC(=O)N2CCCC2(N)CC1. The zero-order chi connectivity index (χ0) is 12.5. The molecule has 2 heterocycles. The second kappa shape index (κ2) is 4.90. The zero-order valence-electron chi connectivity index (χ0n) is 10.5. The van der Waals surface area contributed by atoms with E-state index in [2.05, 4.69) is 0 Å². The number of nitrogens with zero attached hydrogens (tertiary/aromatic N) is 2. The van der Waals surface area contributed by atoms with Crippen LogP contribution in [0.4, 0.5) is 4.39 Å². The van der Waals surface area contributed by atoms with Gasteiger partial charge in [0.1, 0.15) is 6.17 Å². The minimum atomic E-state index is -0.849. The Labute approximate surface area is 102 Å². The maximum absolute atomic E-state index is 13.0. The minimum absolute atomic E-state index is 0.126. The molecule has 0 bridgehead atoms. The van der Waals surface area contributed by atoms with Gasteiger partial charge in [-0.15, -0.1) is 0 Å². The number of hydrogen-bond donors (Lipinski definition) is 1. The van der Waals surface area contributed by atoms with E-state index in [4.69, 9.17) is 5.73 Å². The zero-order valence-corrected chi connectivity index (χ0v) is 10.5.